The van der Waals surface area contributed by atoms with Crippen molar-refractivity contribution in [2.24, 2.45) is 11.8 Å². The number of anilines is 2. The molecule has 1 heterocycles. The second-order valence-corrected chi connectivity index (χ2v) is 8.12. The smallest absolute Gasteiger partial charge is 0.254 e. The van der Waals surface area contributed by atoms with Gasteiger partial charge in [-0.3, -0.25) is 4.79 Å². The van der Waals surface area contributed by atoms with Crippen molar-refractivity contribution in [3.63, 3.8) is 0 Å². The van der Waals surface area contributed by atoms with Crippen molar-refractivity contribution in [2.45, 2.75) is 20.3 Å². The zero-order chi connectivity index (χ0) is 18.5. The molecule has 0 bridgehead atoms. The molecule has 2 fully saturated rings. The summed E-state index contributed by atoms with van der Waals surface area (Å²) < 4.78 is 0. The number of likely N-dealkylation sites (tertiary alicyclic amines) is 1. The summed E-state index contributed by atoms with van der Waals surface area (Å²) in [5.74, 6) is 1.69. The molecule has 2 aliphatic rings. The van der Waals surface area contributed by atoms with Crippen LogP contribution in [0.2, 0.25) is 0 Å². The predicted molar refractivity (Wildman–Crippen MR) is 111 cm³/mol. The highest BCUT2D eigenvalue weighted by molar-refractivity contribution is 6.12. The van der Waals surface area contributed by atoms with E-state index < -0.39 is 0 Å². The minimum Gasteiger partial charge on any atom is -0.355 e. The van der Waals surface area contributed by atoms with E-state index in [1.54, 1.807) is 0 Å². The number of nitrogens with one attached hydrogen (secondary N) is 1. The summed E-state index contributed by atoms with van der Waals surface area (Å²) in [5, 5.41) is 5.71. The Morgan fingerprint density at radius 3 is 2.56 bits per heavy atom. The Hall–Kier alpha value is -2.81. The normalized spacial score (nSPS) is 20.6. The first kappa shape index (κ1) is 16.4. The summed E-state index contributed by atoms with van der Waals surface area (Å²) in [6.07, 6.45) is 1.31. The summed E-state index contributed by atoms with van der Waals surface area (Å²) in [5.41, 5.74) is 5.31. The first-order valence-electron chi connectivity index (χ1n) is 9.75. The van der Waals surface area contributed by atoms with E-state index in [0.29, 0.717) is 0 Å². The van der Waals surface area contributed by atoms with Crippen LogP contribution in [0.5, 0.6) is 0 Å². The predicted octanol–water partition coefficient (Wildman–Crippen LogP) is 5.29. The number of nitrogens with zero attached hydrogens (tertiary/aromatic N) is 1. The van der Waals surface area contributed by atoms with Crippen molar-refractivity contribution in [1.29, 1.82) is 0 Å². The Balaban J connectivity index is 1.57. The maximum absolute atomic E-state index is 13.2. The second kappa shape index (κ2) is 6.12. The SMILES string of the molecule is Cc1cccc(Nc2ccc(C(=O)N3CC4CC4C3)c3c(C)cccc23)c1. The zero-order valence-corrected chi connectivity index (χ0v) is 15.8. The van der Waals surface area contributed by atoms with E-state index in [0.717, 1.165) is 58.2 Å². The van der Waals surface area contributed by atoms with Gasteiger partial charge in [-0.25, -0.2) is 0 Å². The molecule has 1 amide bonds. The number of fused-ring (bicyclic) bond motifs is 2. The molecule has 27 heavy (non-hydrogen) atoms. The van der Waals surface area contributed by atoms with E-state index in [-0.39, 0.29) is 5.91 Å². The molecule has 5 rings (SSSR count). The van der Waals surface area contributed by atoms with Crippen molar-refractivity contribution in [3.05, 3.63) is 71.3 Å². The van der Waals surface area contributed by atoms with Crippen LogP contribution in [0.25, 0.3) is 10.8 Å². The zero-order valence-electron chi connectivity index (χ0n) is 15.8. The van der Waals surface area contributed by atoms with Crippen molar-refractivity contribution < 1.29 is 4.79 Å². The van der Waals surface area contributed by atoms with Crippen LogP contribution in [0.1, 0.15) is 27.9 Å². The van der Waals surface area contributed by atoms with Gasteiger partial charge in [0.2, 0.25) is 0 Å². The minimum absolute atomic E-state index is 0.184. The molecular weight excluding hydrogens is 332 g/mol. The number of hydrogen-bond donors (Lipinski definition) is 1. The van der Waals surface area contributed by atoms with E-state index in [1.165, 1.54) is 12.0 Å². The molecule has 1 aliphatic heterocycles. The lowest BCUT2D eigenvalue weighted by molar-refractivity contribution is 0.0777. The van der Waals surface area contributed by atoms with E-state index >= 15 is 0 Å². The Morgan fingerprint density at radius 2 is 1.78 bits per heavy atom. The van der Waals surface area contributed by atoms with Gasteiger partial charge in [0.15, 0.2) is 0 Å². The number of amides is 1. The van der Waals surface area contributed by atoms with Crippen molar-refractivity contribution >= 4 is 28.1 Å². The molecule has 0 radical (unpaired) electrons. The van der Waals surface area contributed by atoms with Crippen LogP contribution in [0.3, 0.4) is 0 Å². The molecule has 0 spiro atoms. The van der Waals surface area contributed by atoms with Gasteiger partial charge in [0.25, 0.3) is 5.91 Å². The Bertz CT molecular complexity index is 1050. The highest BCUT2D eigenvalue weighted by Gasteiger charge is 2.46. The van der Waals surface area contributed by atoms with Crippen LogP contribution in [-0.4, -0.2) is 23.9 Å². The minimum atomic E-state index is 0.184. The van der Waals surface area contributed by atoms with Gasteiger partial charge >= 0.3 is 0 Å². The first-order valence-corrected chi connectivity index (χ1v) is 9.75. The number of hydrogen-bond acceptors (Lipinski definition) is 2. The van der Waals surface area contributed by atoms with Crippen LogP contribution in [0.4, 0.5) is 11.4 Å². The number of carbonyl (C=O) groups excluding carboxylic acids is 1. The Kier molecular flexibility index (Phi) is 3.71. The third-order valence-corrected chi connectivity index (χ3v) is 6.04. The summed E-state index contributed by atoms with van der Waals surface area (Å²) in [7, 11) is 0. The molecular formula is C24H24N2O. The number of piperidine rings is 1. The van der Waals surface area contributed by atoms with E-state index in [4.69, 9.17) is 0 Å². The molecule has 1 saturated carbocycles. The van der Waals surface area contributed by atoms with Crippen LogP contribution in [0, 0.1) is 25.7 Å². The van der Waals surface area contributed by atoms with Gasteiger partial charge in [-0.1, -0.05) is 30.3 Å². The second-order valence-electron chi connectivity index (χ2n) is 8.12. The Labute approximate surface area is 160 Å². The monoisotopic (exact) mass is 356 g/mol. The van der Waals surface area contributed by atoms with Gasteiger partial charge in [-0.2, -0.15) is 0 Å². The lowest BCUT2D eigenvalue weighted by atomic mass is 9.97. The largest absolute Gasteiger partial charge is 0.355 e. The average Bonchev–Trinajstić information content (AvgIpc) is 3.27. The molecule has 2 atom stereocenters. The van der Waals surface area contributed by atoms with Crippen molar-refractivity contribution in [3.8, 4) is 0 Å². The van der Waals surface area contributed by atoms with Gasteiger partial charge < -0.3 is 10.2 Å². The standard InChI is InChI=1S/C24H24N2O/c1-15-5-3-7-19(11-15)25-22-10-9-21(23-16(2)6-4-8-20(22)23)24(27)26-13-17-12-18(17)14-26/h3-11,17-18,25H,12-14H2,1-2H3. The number of carbonyl (C=O) groups is 1. The first-order chi connectivity index (χ1) is 13.1. The molecule has 3 nitrogen and oxygen atoms in total. The summed E-state index contributed by atoms with van der Waals surface area (Å²) in [6.45, 7) is 6.05. The molecule has 136 valence electrons. The molecule has 1 saturated heterocycles. The molecule has 1 aliphatic carbocycles. The molecule has 1 N–H and O–H groups in total. The van der Waals surface area contributed by atoms with E-state index in [9.17, 15) is 4.79 Å². The molecule has 3 heteroatoms. The topological polar surface area (TPSA) is 32.3 Å². The van der Waals surface area contributed by atoms with Crippen LogP contribution >= 0.6 is 0 Å². The lowest BCUT2D eigenvalue weighted by Crippen LogP contribution is -2.30. The molecule has 3 aromatic carbocycles. The van der Waals surface area contributed by atoms with Gasteiger partial charge in [0.1, 0.15) is 0 Å². The quantitative estimate of drug-likeness (QED) is 0.691. The third kappa shape index (κ3) is 2.87. The summed E-state index contributed by atoms with van der Waals surface area (Å²) in [6, 6.07) is 18.7. The van der Waals surface area contributed by atoms with Crippen molar-refractivity contribution in [1.82, 2.24) is 4.90 Å². The Morgan fingerprint density at radius 1 is 1.00 bits per heavy atom. The highest BCUT2D eigenvalue weighted by atomic mass is 16.2. The number of rotatable bonds is 3. The number of aryl methyl sites for hydroxylation is 2. The summed E-state index contributed by atoms with van der Waals surface area (Å²) in [4.78, 5) is 15.2. The van der Waals surface area contributed by atoms with E-state index in [2.05, 4.69) is 61.6 Å². The van der Waals surface area contributed by atoms with Gasteiger partial charge in [-0.05, 0) is 72.9 Å². The molecule has 3 aromatic rings. The van der Waals surface area contributed by atoms with Gasteiger partial charge in [0, 0.05) is 35.4 Å². The van der Waals surface area contributed by atoms with Crippen LogP contribution < -0.4 is 5.32 Å². The average molecular weight is 356 g/mol. The molecule has 2 unspecified atom stereocenters. The fourth-order valence-electron chi connectivity index (χ4n) is 4.49. The van der Waals surface area contributed by atoms with Crippen LogP contribution in [0.15, 0.2) is 54.6 Å². The molecule has 0 aromatic heterocycles. The van der Waals surface area contributed by atoms with Crippen molar-refractivity contribution in [2.75, 3.05) is 18.4 Å². The fraction of sp³-hybridized carbons (Fsp3) is 0.292. The highest BCUT2D eigenvalue weighted by Crippen LogP contribution is 2.45. The lowest BCUT2D eigenvalue weighted by Gasteiger charge is -2.21. The van der Waals surface area contributed by atoms with E-state index in [1.807, 2.05) is 17.0 Å². The maximum atomic E-state index is 13.2. The fourth-order valence-corrected chi connectivity index (χ4v) is 4.49. The summed E-state index contributed by atoms with van der Waals surface area (Å²) >= 11 is 0. The van der Waals surface area contributed by atoms with Crippen LogP contribution in [-0.2, 0) is 0 Å². The van der Waals surface area contributed by atoms with Gasteiger partial charge in [0.05, 0.1) is 0 Å². The number of benzene rings is 3. The van der Waals surface area contributed by atoms with Gasteiger partial charge in [-0.15, -0.1) is 0 Å². The maximum Gasteiger partial charge on any atom is 0.254 e. The third-order valence-electron chi connectivity index (χ3n) is 6.04.